The third-order valence-corrected chi connectivity index (χ3v) is 4.63. The molecule has 27 heavy (non-hydrogen) atoms. The van der Waals surface area contributed by atoms with Crippen LogP contribution in [0.15, 0.2) is 59.8 Å². The lowest BCUT2D eigenvalue weighted by Crippen LogP contribution is -2.25. The van der Waals surface area contributed by atoms with Gasteiger partial charge in [-0.05, 0) is 55.2 Å². The predicted octanol–water partition coefficient (Wildman–Crippen LogP) is 5.40. The van der Waals surface area contributed by atoms with Gasteiger partial charge in [-0.25, -0.2) is 8.78 Å². The number of hydrogen-bond acceptors (Lipinski definition) is 2. The number of amides is 1. The minimum Gasteiger partial charge on any atom is -0.359 e. The first-order valence-electron chi connectivity index (χ1n) is 9.13. The standard InChI is InChI=1S/C22H26F2N2O/c1-4-15(2)20(16(3)26-19-8-6-5-7-9-19)13-22(27)25-14-17-12-18(23)10-11-21(17)24/h5-12,15,26H,4,13-14H2,1-3H3,(H,25,27)/b20-16-. The Kier molecular flexibility index (Phi) is 7.53. The maximum absolute atomic E-state index is 13.7. The van der Waals surface area contributed by atoms with Crippen LogP contribution in [0.5, 0.6) is 0 Å². The van der Waals surface area contributed by atoms with Crippen LogP contribution in [0.3, 0.4) is 0 Å². The van der Waals surface area contributed by atoms with Crippen molar-refractivity contribution in [3.8, 4) is 0 Å². The first kappa shape index (κ1) is 20.6. The maximum Gasteiger partial charge on any atom is 0.224 e. The average Bonchev–Trinajstić information content (AvgIpc) is 2.66. The lowest BCUT2D eigenvalue weighted by atomic mass is 9.93. The Balaban J connectivity index is 2.07. The second-order valence-electron chi connectivity index (χ2n) is 6.64. The lowest BCUT2D eigenvalue weighted by molar-refractivity contribution is -0.120. The molecule has 144 valence electrons. The van der Waals surface area contributed by atoms with Crippen molar-refractivity contribution in [1.29, 1.82) is 0 Å². The zero-order valence-electron chi connectivity index (χ0n) is 16.0. The van der Waals surface area contributed by atoms with E-state index in [2.05, 4.69) is 24.5 Å². The minimum absolute atomic E-state index is 0.0403. The highest BCUT2D eigenvalue weighted by atomic mass is 19.1. The summed E-state index contributed by atoms with van der Waals surface area (Å²) in [6.07, 6.45) is 1.10. The van der Waals surface area contributed by atoms with E-state index in [1.807, 2.05) is 37.3 Å². The van der Waals surface area contributed by atoms with Crippen LogP contribution < -0.4 is 10.6 Å². The van der Waals surface area contributed by atoms with Crippen molar-refractivity contribution in [1.82, 2.24) is 5.32 Å². The molecule has 0 bridgehead atoms. The molecule has 0 aliphatic rings. The summed E-state index contributed by atoms with van der Waals surface area (Å²) >= 11 is 0. The number of carbonyl (C=O) groups is 1. The van der Waals surface area contributed by atoms with Gasteiger partial charge in [0.2, 0.25) is 5.91 Å². The zero-order chi connectivity index (χ0) is 19.8. The predicted molar refractivity (Wildman–Crippen MR) is 105 cm³/mol. The molecule has 5 heteroatoms. The molecule has 1 amide bonds. The van der Waals surface area contributed by atoms with E-state index >= 15 is 0 Å². The van der Waals surface area contributed by atoms with E-state index in [0.717, 1.165) is 41.6 Å². The van der Waals surface area contributed by atoms with Crippen molar-refractivity contribution in [3.05, 3.63) is 77.0 Å². The van der Waals surface area contributed by atoms with E-state index in [9.17, 15) is 13.6 Å². The summed E-state index contributed by atoms with van der Waals surface area (Å²) < 4.78 is 26.9. The first-order chi connectivity index (χ1) is 12.9. The van der Waals surface area contributed by atoms with E-state index in [1.165, 1.54) is 0 Å². The van der Waals surface area contributed by atoms with Gasteiger partial charge >= 0.3 is 0 Å². The highest BCUT2D eigenvalue weighted by Gasteiger charge is 2.16. The summed E-state index contributed by atoms with van der Waals surface area (Å²) in [5.74, 6) is -1.05. The molecule has 2 rings (SSSR count). The molecule has 2 aromatic carbocycles. The van der Waals surface area contributed by atoms with Gasteiger partial charge in [-0.2, -0.15) is 0 Å². The smallest absolute Gasteiger partial charge is 0.224 e. The van der Waals surface area contributed by atoms with Crippen LogP contribution in [-0.4, -0.2) is 5.91 Å². The fourth-order valence-corrected chi connectivity index (χ4v) is 2.85. The Hall–Kier alpha value is -2.69. The second-order valence-corrected chi connectivity index (χ2v) is 6.64. The molecule has 2 N–H and O–H groups in total. The molecule has 2 aromatic rings. The third-order valence-electron chi connectivity index (χ3n) is 4.63. The largest absolute Gasteiger partial charge is 0.359 e. The summed E-state index contributed by atoms with van der Waals surface area (Å²) in [4.78, 5) is 12.4. The Morgan fingerprint density at radius 1 is 1.11 bits per heavy atom. The van der Waals surface area contributed by atoms with Crippen molar-refractivity contribution in [2.45, 2.75) is 40.2 Å². The number of hydrogen-bond donors (Lipinski definition) is 2. The normalized spacial score (nSPS) is 12.9. The van der Waals surface area contributed by atoms with E-state index in [-0.39, 0.29) is 30.4 Å². The molecule has 0 saturated heterocycles. The summed E-state index contributed by atoms with van der Waals surface area (Å²) in [7, 11) is 0. The van der Waals surface area contributed by atoms with Crippen LogP contribution >= 0.6 is 0 Å². The molecule has 0 radical (unpaired) electrons. The summed E-state index contributed by atoms with van der Waals surface area (Å²) in [5, 5.41) is 6.03. The third kappa shape index (κ3) is 6.20. The molecule has 0 aliphatic carbocycles. The Bertz CT molecular complexity index is 803. The number of carbonyl (C=O) groups excluding carboxylic acids is 1. The second kappa shape index (κ2) is 9.86. The van der Waals surface area contributed by atoms with Gasteiger partial charge in [0, 0.05) is 29.9 Å². The summed E-state index contributed by atoms with van der Waals surface area (Å²) in [6.45, 7) is 6.06. The van der Waals surface area contributed by atoms with Gasteiger partial charge in [0.15, 0.2) is 0 Å². The topological polar surface area (TPSA) is 41.1 Å². The average molecular weight is 372 g/mol. The molecule has 0 fully saturated rings. The van der Waals surface area contributed by atoms with Gasteiger partial charge in [0.25, 0.3) is 0 Å². The van der Waals surface area contributed by atoms with E-state index in [1.54, 1.807) is 0 Å². The molecule has 0 saturated carbocycles. The Labute approximate surface area is 159 Å². The van der Waals surface area contributed by atoms with Crippen LogP contribution in [0.1, 0.15) is 39.2 Å². The number of anilines is 1. The van der Waals surface area contributed by atoms with Crippen molar-refractivity contribution in [3.63, 3.8) is 0 Å². The van der Waals surface area contributed by atoms with Gasteiger partial charge in [-0.3, -0.25) is 4.79 Å². The molecule has 1 atom stereocenters. The molecule has 3 nitrogen and oxygen atoms in total. The number of rotatable bonds is 8. The number of benzene rings is 2. The van der Waals surface area contributed by atoms with Crippen molar-refractivity contribution in [2.75, 3.05) is 5.32 Å². The Morgan fingerprint density at radius 3 is 2.48 bits per heavy atom. The van der Waals surface area contributed by atoms with Crippen molar-refractivity contribution < 1.29 is 13.6 Å². The number of nitrogens with one attached hydrogen (secondary N) is 2. The monoisotopic (exact) mass is 372 g/mol. The van der Waals surface area contributed by atoms with E-state index < -0.39 is 11.6 Å². The maximum atomic E-state index is 13.7. The van der Waals surface area contributed by atoms with Gasteiger partial charge < -0.3 is 10.6 Å². The van der Waals surface area contributed by atoms with Crippen molar-refractivity contribution in [2.24, 2.45) is 5.92 Å². The van der Waals surface area contributed by atoms with Gasteiger partial charge in [0.05, 0.1) is 0 Å². The van der Waals surface area contributed by atoms with Gasteiger partial charge in [-0.15, -0.1) is 0 Å². The van der Waals surface area contributed by atoms with E-state index in [0.29, 0.717) is 0 Å². The number of halogens is 2. The quantitative estimate of drug-likeness (QED) is 0.651. The van der Waals surface area contributed by atoms with Crippen LogP contribution in [-0.2, 0) is 11.3 Å². The van der Waals surface area contributed by atoms with Crippen LogP contribution in [0.4, 0.5) is 14.5 Å². The zero-order valence-corrected chi connectivity index (χ0v) is 16.0. The summed E-state index contributed by atoms with van der Waals surface area (Å²) in [6, 6.07) is 13.0. The number of allylic oxidation sites excluding steroid dienone is 1. The molecular formula is C22H26F2N2O. The molecule has 1 unspecified atom stereocenters. The SMILES string of the molecule is CCC(C)/C(CC(=O)NCc1cc(F)ccc1F)=C(/C)Nc1ccccc1. The van der Waals surface area contributed by atoms with Crippen LogP contribution in [0.2, 0.25) is 0 Å². The fourth-order valence-electron chi connectivity index (χ4n) is 2.85. The molecule has 0 aliphatic heterocycles. The first-order valence-corrected chi connectivity index (χ1v) is 9.13. The van der Waals surface area contributed by atoms with Gasteiger partial charge in [-0.1, -0.05) is 32.0 Å². The van der Waals surface area contributed by atoms with Crippen LogP contribution in [0, 0.1) is 17.6 Å². The Morgan fingerprint density at radius 2 is 1.81 bits per heavy atom. The highest BCUT2D eigenvalue weighted by Crippen LogP contribution is 2.23. The molecule has 0 heterocycles. The molecule has 0 spiro atoms. The van der Waals surface area contributed by atoms with Gasteiger partial charge in [0.1, 0.15) is 11.6 Å². The number of para-hydroxylation sites is 1. The fraction of sp³-hybridized carbons (Fsp3) is 0.318. The van der Waals surface area contributed by atoms with Crippen molar-refractivity contribution >= 4 is 11.6 Å². The molecular weight excluding hydrogens is 346 g/mol. The molecule has 0 aromatic heterocycles. The highest BCUT2D eigenvalue weighted by molar-refractivity contribution is 5.79. The minimum atomic E-state index is -0.531. The van der Waals surface area contributed by atoms with E-state index in [4.69, 9.17) is 0 Å². The lowest BCUT2D eigenvalue weighted by Gasteiger charge is -2.19. The summed E-state index contributed by atoms with van der Waals surface area (Å²) in [5.41, 5.74) is 3.02. The van der Waals surface area contributed by atoms with Crippen LogP contribution in [0.25, 0.3) is 0 Å².